The number of rotatable bonds is 4. The predicted molar refractivity (Wildman–Crippen MR) is 61.3 cm³/mol. The van der Waals surface area contributed by atoms with Crippen molar-refractivity contribution in [2.75, 3.05) is 6.54 Å². The molecule has 0 radical (unpaired) electrons. The van der Waals surface area contributed by atoms with Gasteiger partial charge in [-0.2, -0.15) is 0 Å². The Labute approximate surface area is 90.5 Å². The van der Waals surface area contributed by atoms with E-state index in [1.165, 1.54) is 0 Å². The smallest absolute Gasteiger partial charge is 0.0943 e. The van der Waals surface area contributed by atoms with Crippen LogP contribution in [0.3, 0.4) is 0 Å². The first-order chi connectivity index (χ1) is 6.77. The second-order valence-corrected chi connectivity index (χ2v) is 3.54. The largest absolute Gasteiger partial charge is 0.300 e. The molecule has 1 aromatic carbocycles. The monoisotopic (exact) mass is 207 g/mol. The van der Waals surface area contributed by atoms with Gasteiger partial charge in [-0.25, -0.2) is 0 Å². The van der Waals surface area contributed by atoms with E-state index < -0.39 is 0 Å². The Hall–Kier alpha value is -0.970. The maximum Gasteiger partial charge on any atom is 0.0943 e. The van der Waals surface area contributed by atoms with Crippen molar-refractivity contribution in [2.45, 2.75) is 19.4 Å². The quantitative estimate of drug-likeness (QED) is 0.749. The third-order valence-electron chi connectivity index (χ3n) is 1.97. The van der Waals surface area contributed by atoms with Crippen molar-refractivity contribution in [1.29, 1.82) is 0 Å². The van der Waals surface area contributed by atoms with E-state index in [0.29, 0.717) is 0 Å². The zero-order valence-corrected chi connectivity index (χ0v) is 9.01. The summed E-state index contributed by atoms with van der Waals surface area (Å²) in [5.74, 6) is 2.72. The van der Waals surface area contributed by atoms with E-state index in [4.69, 9.17) is 18.0 Å². The van der Waals surface area contributed by atoms with Gasteiger partial charge in [0.25, 0.3) is 0 Å². The summed E-state index contributed by atoms with van der Waals surface area (Å²) in [6.07, 6.45) is 6.51. The highest BCUT2D eigenvalue weighted by atomic mass is 35.5. The Kier molecular flexibility index (Phi) is 4.52. The molecule has 0 heterocycles. The molecule has 0 aliphatic carbocycles. The standard InChI is InChI=1S/C12H14ClN/c1-3-9-14-12(4-2)10-5-7-11(13)8-6-10/h2,5-8,12,14H,3,9H2,1H3. The molecule has 0 saturated carbocycles. The fourth-order valence-electron chi connectivity index (χ4n) is 1.22. The number of hydrogen-bond donors (Lipinski definition) is 1. The Bertz CT molecular complexity index is 310. The molecule has 2 heteroatoms. The summed E-state index contributed by atoms with van der Waals surface area (Å²) in [5.41, 5.74) is 1.09. The van der Waals surface area contributed by atoms with Crippen LogP contribution in [0, 0.1) is 12.3 Å². The van der Waals surface area contributed by atoms with Crippen LogP contribution in [-0.2, 0) is 0 Å². The number of halogens is 1. The summed E-state index contributed by atoms with van der Waals surface area (Å²) in [7, 11) is 0. The van der Waals surface area contributed by atoms with Gasteiger partial charge in [0, 0.05) is 5.02 Å². The van der Waals surface area contributed by atoms with Gasteiger partial charge in [0.2, 0.25) is 0 Å². The van der Waals surface area contributed by atoms with Gasteiger partial charge in [-0.1, -0.05) is 36.6 Å². The number of benzene rings is 1. The minimum atomic E-state index is -0.00721. The Morgan fingerprint density at radius 3 is 2.57 bits per heavy atom. The first-order valence-corrected chi connectivity index (χ1v) is 5.10. The molecule has 0 aromatic heterocycles. The fraction of sp³-hybridized carbons (Fsp3) is 0.333. The second-order valence-electron chi connectivity index (χ2n) is 3.11. The van der Waals surface area contributed by atoms with Crippen molar-refractivity contribution in [3.63, 3.8) is 0 Å². The molecule has 1 aromatic rings. The lowest BCUT2D eigenvalue weighted by atomic mass is 10.1. The first-order valence-electron chi connectivity index (χ1n) is 4.73. The second kappa shape index (κ2) is 5.70. The summed E-state index contributed by atoms with van der Waals surface area (Å²) in [4.78, 5) is 0. The topological polar surface area (TPSA) is 12.0 Å². The van der Waals surface area contributed by atoms with Crippen molar-refractivity contribution >= 4 is 11.6 Å². The van der Waals surface area contributed by atoms with Crippen LogP contribution in [0.2, 0.25) is 5.02 Å². The van der Waals surface area contributed by atoms with Crippen molar-refractivity contribution in [2.24, 2.45) is 0 Å². The average molecular weight is 208 g/mol. The Balaban J connectivity index is 2.70. The van der Waals surface area contributed by atoms with Crippen LogP contribution in [-0.4, -0.2) is 6.54 Å². The van der Waals surface area contributed by atoms with Crippen LogP contribution < -0.4 is 5.32 Å². The predicted octanol–water partition coefficient (Wildman–Crippen LogP) is 3.01. The highest BCUT2D eigenvalue weighted by Crippen LogP contribution is 2.15. The lowest BCUT2D eigenvalue weighted by Crippen LogP contribution is -2.20. The first kappa shape index (κ1) is 11.1. The molecule has 1 atom stereocenters. The van der Waals surface area contributed by atoms with Gasteiger partial charge in [0.15, 0.2) is 0 Å². The van der Waals surface area contributed by atoms with E-state index in [-0.39, 0.29) is 6.04 Å². The van der Waals surface area contributed by atoms with Gasteiger partial charge in [-0.05, 0) is 30.7 Å². The molecule has 1 N–H and O–H groups in total. The maximum atomic E-state index is 5.79. The molecule has 1 rings (SSSR count). The molecule has 14 heavy (non-hydrogen) atoms. The fourth-order valence-corrected chi connectivity index (χ4v) is 1.34. The Morgan fingerprint density at radius 1 is 1.43 bits per heavy atom. The van der Waals surface area contributed by atoms with E-state index in [9.17, 15) is 0 Å². The molecule has 1 unspecified atom stereocenters. The summed E-state index contributed by atoms with van der Waals surface area (Å²) in [5, 5.41) is 4.01. The highest BCUT2D eigenvalue weighted by Gasteiger charge is 2.05. The molecular weight excluding hydrogens is 194 g/mol. The SMILES string of the molecule is C#CC(NCCC)c1ccc(Cl)cc1. The number of terminal acetylenes is 1. The van der Waals surface area contributed by atoms with Gasteiger partial charge in [0.1, 0.15) is 0 Å². The zero-order valence-electron chi connectivity index (χ0n) is 8.26. The molecule has 74 valence electrons. The maximum absolute atomic E-state index is 5.79. The zero-order chi connectivity index (χ0) is 10.4. The van der Waals surface area contributed by atoms with E-state index in [1.807, 2.05) is 24.3 Å². The van der Waals surface area contributed by atoms with E-state index in [2.05, 4.69) is 18.2 Å². The lowest BCUT2D eigenvalue weighted by Gasteiger charge is -2.12. The van der Waals surface area contributed by atoms with E-state index >= 15 is 0 Å². The van der Waals surface area contributed by atoms with Gasteiger partial charge in [-0.3, -0.25) is 0 Å². The summed E-state index contributed by atoms with van der Waals surface area (Å²) < 4.78 is 0. The molecule has 1 nitrogen and oxygen atoms in total. The van der Waals surface area contributed by atoms with Crippen LogP contribution in [0.5, 0.6) is 0 Å². The van der Waals surface area contributed by atoms with E-state index in [1.54, 1.807) is 0 Å². The number of hydrogen-bond acceptors (Lipinski definition) is 1. The van der Waals surface area contributed by atoms with Gasteiger partial charge >= 0.3 is 0 Å². The van der Waals surface area contributed by atoms with Gasteiger partial charge < -0.3 is 5.32 Å². The van der Waals surface area contributed by atoms with Crippen LogP contribution in [0.25, 0.3) is 0 Å². The summed E-state index contributed by atoms with van der Waals surface area (Å²) in [6.45, 7) is 3.04. The van der Waals surface area contributed by atoms with Crippen LogP contribution in [0.1, 0.15) is 24.9 Å². The molecule has 0 amide bonds. The van der Waals surface area contributed by atoms with Gasteiger partial charge in [-0.15, -0.1) is 6.42 Å². The summed E-state index contributed by atoms with van der Waals surface area (Å²) >= 11 is 5.79. The van der Waals surface area contributed by atoms with Crippen LogP contribution in [0.4, 0.5) is 0 Å². The minimum Gasteiger partial charge on any atom is -0.300 e. The molecule has 0 fully saturated rings. The molecule has 0 spiro atoms. The van der Waals surface area contributed by atoms with Crippen molar-refractivity contribution in [3.05, 3.63) is 34.9 Å². The van der Waals surface area contributed by atoms with Crippen molar-refractivity contribution in [1.82, 2.24) is 5.32 Å². The molecular formula is C12H14ClN. The molecule has 0 saturated heterocycles. The number of nitrogens with one attached hydrogen (secondary N) is 1. The third kappa shape index (κ3) is 3.06. The van der Waals surface area contributed by atoms with Gasteiger partial charge in [0.05, 0.1) is 6.04 Å². The normalized spacial score (nSPS) is 12.1. The molecule has 0 bridgehead atoms. The summed E-state index contributed by atoms with van der Waals surface area (Å²) in [6, 6.07) is 7.61. The third-order valence-corrected chi connectivity index (χ3v) is 2.22. The molecule has 0 aliphatic rings. The Morgan fingerprint density at radius 2 is 2.07 bits per heavy atom. The van der Waals surface area contributed by atoms with Crippen molar-refractivity contribution < 1.29 is 0 Å². The molecule has 0 aliphatic heterocycles. The van der Waals surface area contributed by atoms with E-state index in [0.717, 1.165) is 23.6 Å². The average Bonchev–Trinajstić information content (AvgIpc) is 2.21. The van der Waals surface area contributed by atoms with Crippen molar-refractivity contribution in [3.8, 4) is 12.3 Å². The van der Waals surface area contributed by atoms with Crippen LogP contribution in [0.15, 0.2) is 24.3 Å². The lowest BCUT2D eigenvalue weighted by molar-refractivity contribution is 0.626. The van der Waals surface area contributed by atoms with Crippen LogP contribution >= 0.6 is 11.6 Å². The highest BCUT2D eigenvalue weighted by molar-refractivity contribution is 6.30. The minimum absolute atomic E-state index is 0.00721.